The number of benzene rings is 1. The summed E-state index contributed by atoms with van der Waals surface area (Å²) >= 11 is 5.91. The summed E-state index contributed by atoms with van der Waals surface area (Å²) in [5, 5.41) is 4.17. The van der Waals surface area contributed by atoms with Crippen LogP contribution in [-0.2, 0) is 11.2 Å². The molecule has 24 heavy (non-hydrogen) atoms. The molecule has 2 rings (SSSR count). The maximum atomic E-state index is 5.91. The summed E-state index contributed by atoms with van der Waals surface area (Å²) in [7, 11) is 2.11. The van der Waals surface area contributed by atoms with E-state index in [1.165, 1.54) is 5.56 Å². The van der Waals surface area contributed by atoms with E-state index in [1.807, 2.05) is 12.1 Å². The lowest BCUT2D eigenvalue weighted by Crippen LogP contribution is -2.41. The van der Waals surface area contributed by atoms with E-state index in [2.05, 4.69) is 36.3 Å². The summed E-state index contributed by atoms with van der Waals surface area (Å²) in [6.07, 6.45) is 3.22. The van der Waals surface area contributed by atoms with Crippen molar-refractivity contribution in [1.29, 1.82) is 0 Å². The van der Waals surface area contributed by atoms with Gasteiger partial charge in [0, 0.05) is 44.2 Å². The Balaban J connectivity index is 0.00000288. The van der Waals surface area contributed by atoms with Crippen molar-refractivity contribution in [2.45, 2.75) is 26.2 Å². The zero-order valence-electron chi connectivity index (χ0n) is 14.6. The number of hydrogen-bond acceptors (Lipinski definition) is 2. The molecule has 1 unspecified atom stereocenters. The SMILES string of the molecule is CCNC(=NCCCc1ccc(Cl)cc1)N(C)CC1CCOC1.I. The molecule has 1 N–H and O–H groups in total. The van der Waals surface area contributed by atoms with Crippen LogP contribution in [0.15, 0.2) is 29.3 Å². The second kappa shape index (κ2) is 11.9. The predicted octanol–water partition coefficient (Wildman–Crippen LogP) is 3.82. The first kappa shape index (κ1) is 21.5. The zero-order chi connectivity index (χ0) is 16.5. The first-order valence-electron chi connectivity index (χ1n) is 8.50. The van der Waals surface area contributed by atoms with E-state index in [0.717, 1.165) is 63.1 Å². The first-order chi connectivity index (χ1) is 11.2. The van der Waals surface area contributed by atoms with Crippen LogP contribution in [0, 0.1) is 5.92 Å². The highest BCUT2D eigenvalue weighted by molar-refractivity contribution is 14.0. The monoisotopic (exact) mass is 465 g/mol. The van der Waals surface area contributed by atoms with Crippen LogP contribution in [-0.4, -0.2) is 50.8 Å². The van der Waals surface area contributed by atoms with Crippen LogP contribution in [0.5, 0.6) is 0 Å². The van der Waals surface area contributed by atoms with Gasteiger partial charge in [-0.15, -0.1) is 24.0 Å². The molecule has 0 bridgehead atoms. The Bertz CT molecular complexity index is 490. The second-order valence-corrected chi connectivity index (χ2v) is 6.51. The fraction of sp³-hybridized carbons (Fsp3) is 0.611. The highest BCUT2D eigenvalue weighted by Gasteiger charge is 2.18. The van der Waals surface area contributed by atoms with E-state index in [4.69, 9.17) is 21.3 Å². The summed E-state index contributed by atoms with van der Waals surface area (Å²) in [6, 6.07) is 8.07. The highest BCUT2D eigenvalue weighted by Crippen LogP contribution is 2.13. The number of aryl methyl sites for hydroxylation is 1. The van der Waals surface area contributed by atoms with Crippen molar-refractivity contribution in [1.82, 2.24) is 10.2 Å². The molecule has 4 nitrogen and oxygen atoms in total. The number of guanidine groups is 1. The molecule has 6 heteroatoms. The fourth-order valence-electron chi connectivity index (χ4n) is 2.79. The van der Waals surface area contributed by atoms with Crippen molar-refractivity contribution in [2.75, 3.05) is 39.9 Å². The van der Waals surface area contributed by atoms with Crippen molar-refractivity contribution in [2.24, 2.45) is 10.9 Å². The Kier molecular flexibility index (Phi) is 10.7. The van der Waals surface area contributed by atoms with Gasteiger partial charge in [0.25, 0.3) is 0 Å². The number of nitrogens with one attached hydrogen (secondary N) is 1. The van der Waals surface area contributed by atoms with Crippen LogP contribution in [0.3, 0.4) is 0 Å². The van der Waals surface area contributed by atoms with Gasteiger partial charge >= 0.3 is 0 Å². The smallest absolute Gasteiger partial charge is 0.193 e. The van der Waals surface area contributed by atoms with Gasteiger partial charge in [0.15, 0.2) is 5.96 Å². The van der Waals surface area contributed by atoms with Crippen molar-refractivity contribution in [3.63, 3.8) is 0 Å². The van der Waals surface area contributed by atoms with Gasteiger partial charge in [-0.05, 0) is 43.9 Å². The largest absolute Gasteiger partial charge is 0.381 e. The molecule has 0 aliphatic carbocycles. The van der Waals surface area contributed by atoms with E-state index in [9.17, 15) is 0 Å². The Morgan fingerprint density at radius 3 is 2.75 bits per heavy atom. The van der Waals surface area contributed by atoms with Crippen LogP contribution in [0.2, 0.25) is 5.02 Å². The van der Waals surface area contributed by atoms with Gasteiger partial charge in [-0.3, -0.25) is 4.99 Å². The van der Waals surface area contributed by atoms with Crippen molar-refractivity contribution in [3.8, 4) is 0 Å². The zero-order valence-corrected chi connectivity index (χ0v) is 17.7. The van der Waals surface area contributed by atoms with Crippen molar-refractivity contribution < 1.29 is 4.74 Å². The molecule has 0 saturated carbocycles. The Morgan fingerprint density at radius 1 is 1.38 bits per heavy atom. The summed E-state index contributed by atoms with van der Waals surface area (Å²) < 4.78 is 5.46. The minimum absolute atomic E-state index is 0. The summed E-state index contributed by atoms with van der Waals surface area (Å²) in [5.41, 5.74) is 1.31. The lowest BCUT2D eigenvalue weighted by Gasteiger charge is -2.24. The quantitative estimate of drug-likeness (QED) is 0.288. The van der Waals surface area contributed by atoms with Crippen LogP contribution >= 0.6 is 35.6 Å². The first-order valence-corrected chi connectivity index (χ1v) is 8.88. The summed E-state index contributed by atoms with van der Waals surface area (Å²) in [4.78, 5) is 6.98. The van der Waals surface area contributed by atoms with E-state index >= 15 is 0 Å². The number of ether oxygens (including phenoxy) is 1. The number of nitrogens with zero attached hydrogens (tertiary/aromatic N) is 2. The lowest BCUT2D eigenvalue weighted by molar-refractivity contribution is 0.181. The summed E-state index contributed by atoms with van der Waals surface area (Å²) in [6.45, 7) is 6.60. The number of aliphatic imine (C=N–C) groups is 1. The fourth-order valence-corrected chi connectivity index (χ4v) is 2.92. The van der Waals surface area contributed by atoms with Gasteiger partial charge in [0.05, 0.1) is 6.61 Å². The van der Waals surface area contributed by atoms with Crippen molar-refractivity contribution in [3.05, 3.63) is 34.9 Å². The van der Waals surface area contributed by atoms with Crippen molar-refractivity contribution >= 4 is 41.5 Å². The van der Waals surface area contributed by atoms with E-state index in [1.54, 1.807) is 0 Å². The minimum atomic E-state index is 0. The minimum Gasteiger partial charge on any atom is -0.381 e. The molecule has 0 amide bonds. The third-order valence-corrected chi connectivity index (χ3v) is 4.30. The molecule has 136 valence electrons. The van der Waals surface area contributed by atoms with Gasteiger partial charge in [0.1, 0.15) is 0 Å². The topological polar surface area (TPSA) is 36.9 Å². The van der Waals surface area contributed by atoms with Crippen LogP contribution in [0.4, 0.5) is 0 Å². The average Bonchev–Trinajstić information content (AvgIpc) is 3.05. The molecule has 0 aromatic heterocycles. The molecule has 0 spiro atoms. The van der Waals surface area contributed by atoms with Gasteiger partial charge in [-0.2, -0.15) is 0 Å². The number of halogens is 2. The van der Waals surface area contributed by atoms with Gasteiger partial charge < -0.3 is 15.0 Å². The van der Waals surface area contributed by atoms with Gasteiger partial charge in [0.2, 0.25) is 0 Å². The Morgan fingerprint density at radius 2 is 2.12 bits per heavy atom. The van der Waals surface area contributed by atoms with E-state index in [-0.39, 0.29) is 24.0 Å². The van der Waals surface area contributed by atoms with Crippen LogP contribution in [0.25, 0.3) is 0 Å². The Labute approximate surface area is 168 Å². The summed E-state index contributed by atoms with van der Waals surface area (Å²) in [5.74, 6) is 1.62. The van der Waals surface area contributed by atoms with E-state index in [0.29, 0.717) is 5.92 Å². The molecule has 0 radical (unpaired) electrons. The standard InChI is InChI=1S/C18H28ClN3O.HI/c1-3-20-18(22(2)13-16-10-12-23-14-16)21-11-4-5-15-6-8-17(19)9-7-15;/h6-9,16H,3-5,10-14H2,1-2H3,(H,20,21);1H. The third-order valence-electron chi connectivity index (χ3n) is 4.05. The number of rotatable bonds is 7. The lowest BCUT2D eigenvalue weighted by atomic mass is 10.1. The average molecular weight is 466 g/mol. The highest BCUT2D eigenvalue weighted by atomic mass is 127. The molecule has 1 aliphatic heterocycles. The van der Waals surface area contributed by atoms with Gasteiger partial charge in [-0.1, -0.05) is 23.7 Å². The normalized spacial score (nSPS) is 17.5. The van der Waals surface area contributed by atoms with Crippen LogP contribution < -0.4 is 5.32 Å². The maximum absolute atomic E-state index is 5.91. The predicted molar refractivity (Wildman–Crippen MR) is 113 cm³/mol. The van der Waals surface area contributed by atoms with Crippen LogP contribution in [0.1, 0.15) is 25.3 Å². The van der Waals surface area contributed by atoms with E-state index < -0.39 is 0 Å². The molecular formula is C18H29ClIN3O. The third kappa shape index (κ3) is 7.57. The second-order valence-electron chi connectivity index (χ2n) is 6.08. The molecule has 1 atom stereocenters. The maximum Gasteiger partial charge on any atom is 0.193 e. The van der Waals surface area contributed by atoms with Gasteiger partial charge in [-0.25, -0.2) is 0 Å². The molecule has 1 saturated heterocycles. The Hall–Kier alpha value is -0.530. The molecule has 1 aliphatic rings. The number of hydrogen-bond donors (Lipinski definition) is 1. The molecular weight excluding hydrogens is 437 g/mol. The molecule has 1 fully saturated rings. The molecule has 1 aromatic rings. The molecule has 1 heterocycles. The molecule has 1 aromatic carbocycles.